The molecule has 0 saturated carbocycles. The molecule has 3 N–H and O–H groups in total. The van der Waals surface area contributed by atoms with Crippen LogP contribution >= 0.6 is 11.3 Å². The Morgan fingerprint density at radius 3 is 2.80 bits per heavy atom. The van der Waals surface area contributed by atoms with Gasteiger partial charge >= 0.3 is 0 Å². The zero-order chi connectivity index (χ0) is 10.8. The maximum atomic E-state index is 5.73. The Bertz CT molecular complexity index is 476. The van der Waals surface area contributed by atoms with Gasteiger partial charge in [-0.15, -0.1) is 11.3 Å². The molecule has 0 radical (unpaired) electrons. The largest absolute Gasteiger partial charge is 0.399 e. The van der Waals surface area contributed by atoms with Gasteiger partial charge in [-0.25, -0.2) is 4.98 Å². The lowest BCUT2D eigenvalue weighted by Gasteiger charge is -2.07. The summed E-state index contributed by atoms with van der Waals surface area (Å²) >= 11 is 1.63. The number of thiazole rings is 1. The molecular formula is C11H13N3S. The van der Waals surface area contributed by atoms with Gasteiger partial charge in [0.15, 0.2) is 5.13 Å². The minimum Gasteiger partial charge on any atom is -0.399 e. The summed E-state index contributed by atoms with van der Waals surface area (Å²) < 4.78 is 0. The Morgan fingerprint density at radius 1 is 1.33 bits per heavy atom. The van der Waals surface area contributed by atoms with Crippen molar-refractivity contribution in [3.8, 4) is 0 Å². The van der Waals surface area contributed by atoms with Gasteiger partial charge < -0.3 is 11.1 Å². The highest BCUT2D eigenvalue weighted by Gasteiger charge is 2.02. The summed E-state index contributed by atoms with van der Waals surface area (Å²) in [6, 6.07) is 5.82. The fourth-order valence-corrected chi connectivity index (χ4v) is 1.98. The number of nitrogens with two attached hydrogens (primary N) is 1. The predicted octanol–water partition coefficient (Wildman–Crippen LogP) is 3.09. The molecule has 0 aliphatic rings. The van der Waals surface area contributed by atoms with E-state index in [-0.39, 0.29) is 0 Å². The average molecular weight is 219 g/mol. The molecule has 0 aliphatic heterocycles. The molecule has 1 heterocycles. The van der Waals surface area contributed by atoms with Gasteiger partial charge in [0.1, 0.15) is 0 Å². The van der Waals surface area contributed by atoms with Gasteiger partial charge in [0, 0.05) is 22.4 Å². The Kier molecular flexibility index (Phi) is 2.60. The molecule has 4 heteroatoms. The molecule has 15 heavy (non-hydrogen) atoms. The first-order valence-electron chi connectivity index (χ1n) is 4.71. The topological polar surface area (TPSA) is 50.9 Å². The lowest BCUT2D eigenvalue weighted by molar-refractivity contribution is 1.35. The molecule has 2 rings (SSSR count). The van der Waals surface area contributed by atoms with Crippen molar-refractivity contribution in [1.29, 1.82) is 0 Å². The van der Waals surface area contributed by atoms with Crippen molar-refractivity contribution in [2.24, 2.45) is 0 Å². The van der Waals surface area contributed by atoms with Crippen molar-refractivity contribution in [3.05, 3.63) is 34.8 Å². The van der Waals surface area contributed by atoms with E-state index in [2.05, 4.69) is 10.3 Å². The van der Waals surface area contributed by atoms with Gasteiger partial charge in [-0.3, -0.25) is 0 Å². The van der Waals surface area contributed by atoms with Crippen LogP contribution in [0.15, 0.2) is 24.4 Å². The zero-order valence-corrected chi connectivity index (χ0v) is 9.56. The summed E-state index contributed by atoms with van der Waals surface area (Å²) in [5.41, 5.74) is 8.67. The fourth-order valence-electron chi connectivity index (χ4n) is 1.30. The van der Waals surface area contributed by atoms with Crippen LogP contribution in [0.1, 0.15) is 10.4 Å². The van der Waals surface area contributed by atoms with Gasteiger partial charge in [0.25, 0.3) is 0 Å². The van der Waals surface area contributed by atoms with Gasteiger partial charge in [-0.1, -0.05) is 6.07 Å². The van der Waals surface area contributed by atoms with E-state index in [4.69, 9.17) is 5.73 Å². The van der Waals surface area contributed by atoms with Crippen LogP contribution in [-0.2, 0) is 0 Å². The lowest BCUT2D eigenvalue weighted by Crippen LogP contribution is -1.94. The molecule has 0 saturated heterocycles. The van der Waals surface area contributed by atoms with E-state index in [1.54, 1.807) is 11.3 Å². The number of aromatic nitrogens is 1. The summed E-state index contributed by atoms with van der Waals surface area (Å²) in [5, 5.41) is 4.17. The number of benzene rings is 1. The quantitative estimate of drug-likeness (QED) is 0.763. The van der Waals surface area contributed by atoms with E-state index < -0.39 is 0 Å². The summed E-state index contributed by atoms with van der Waals surface area (Å²) in [4.78, 5) is 5.44. The van der Waals surface area contributed by atoms with Crippen LogP contribution in [0, 0.1) is 13.8 Å². The predicted molar refractivity (Wildman–Crippen MR) is 65.7 cm³/mol. The molecule has 0 spiro atoms. The van der Waals surface area contributed by atoms with Crippen LogP contribution in [0.5, 0.6) is 0 Å². The van der Waals surface area contributed by atoms with E-state index in [1.165, 1.54) is 4.88 Å². The SMILES string of the molecule is Cc1cnc(Nc2cc(N)ccc2C)s1. The maximum absolute atomic E-state index is 5.73. The number of hydrogen-bond donors (Lipinski definition) is 2. The normalized spacial score (nSPS) is 10.3. The highest BCUT2D eigenvalue weighted by atomic mass is 32.1. The molecule has 0 unspecified atom stereocenters. The van der Waals surface area contributed by atoms with Gasteiger partial charge in [-0.2, -0.15) is 0 Å². The van der Waals surface area contributed by atoms with Crippen molar-refractivity contribution >= 4 is 27.8 Å². The molecular weight excluding hydrogens is 206 g/mol. The molecule has 1 aromatic heterocycles. The Labute approximate surface area is 93.0 Å². The third-order valence-corrected chi connectivity index (χ3v) is 2.95. The second-order valence-electron chi connectivity index (χ2n) is 3.48. The molecule has 0 bridgehead atoms. The van der Waals surface area contributed by atoms with Crippen LogP contribution in [0.2, 0.25) is 0 Å². The first kappa shape index (κ1) is 9.98. The standard InChI is InChI=1S/C11H13N3S/c1-7-3-4-9(12)5-10(7)14-11-13-6-8(2)15-11/h3-6H,12H2,1-2H3,(H,13,14). The molecule has 3 nitrogen and oxygen atoms in total. The van der Waals surface area contributed by atoms with Crippen LogP contribution in [0.25, 0.3) is 0 Å². The molecule has 0 fully saturated rings. The monoisotopic (exact) mass is 219 g/mol. The van der Waals surface area contributed by atoms with E-state index in [0.29, 0.717) is 0 Å². The van der Waals surface area contributed by atoms with E-state index in [1.807, 2.05) is 38.2 Å². The molecule has 0 aliphatic carbocycles. The number of aryl methyl sites for hydroxylation is 2. The highest BCUT2D eigenvalue weighted by molar-refractivity contribution is 7.15. The average Bonchev–Trinajstić information content (AvgIpc) is 2.58. The summed E-state index contributed by atoms with van der Waals surface area (Å²) in [6.07, 6.45) is 1.86. The van der Waals surface area contributed by atoms with Crippen LogP contribution < -0.4 is 11.1 Å². The number of nitrogens with one attached hydrogen (secondary N) is 1. The Balaban J connectivity index is 2.27. The van der Waals surface area contributed by atoms with E-state index in [0.717, 1.165) is 22.1 Å². The zero-order valence-electron chi connectivity index (χ0n) is 8.74. The lowest BCUT2D eigenvalue weighted by atomic mass is 10.2. The summed E-state index contributed by atoms with van der Waals surface area (Å²) in [7, 11) is 0. The summed E-state index contributed by atoms with van der Waals surface area (Å²) in [6.45, 7) is 4.08. The number of anilines is 3. The molecule has 2 aromatic rings. The third-order valence-electron chi connectivity index (χ3n) is 2.12. The Morgan fingerprint density at radius 2 is 2.13 bits per heavy atom. The van der Waals surface area contributed by atoms with Crippen molar-refractivity contribution in [2.75, 3.05) is 11.1 Å². The second kappa shape index (κ2) is 3.90. The van der Waals surface area contributed by atoms with Gasteiger partial charge in [-0.05, 0) is 31.5 Å². The van der Waals surface area contributed by atoms with Crippen molar-refractivity contribution in [2.45, 2.75) is 13.8 Å². The maximum Gasteiger partial charge on any atom is 0.187 e. The second-order valence-corrected chi connectivity index (χ2v) is 4.71. The first-order chi connectivity index (χ1) is 7.15. The van der Waals surface area contributed by atoms with Crippen molar-refractivity contribution < 1.29 is 0 Å². The van der Waals surface area contributed by atoms with Gasteiger partial charge in [0.05, 0.1) is 0 Å². The molecule has 78 valence electrons. The molecule has 0 amide bonds. The smallest absolute Gasteiger partial charge is 0.187 e. The number of hydrogen-bond acceptors (Lipinski definition) is 4. The number of rotatable bonds is 2. The van der Waals surface area contributed by atoms with E-state index >= 15 is 0 Å². The van der Waals surface area contributed by atoms with Crippen molar-refractivity contribution in [1.82, 2.24) is 4.98 Å². The molecule has 0 atom stereocenters. The first-order valence-corrected chi connectivity index (χ1v) is 5.52. The minimum absolute atomic E-state index is 0.761. The third kappa shape index (κ3) is 2.27. The van der Waals surface area contributed by atoms with E-state index in [9.17, 15) is 0 Å². The van der Waals surface area contributed by atoms with Crippen LogP contribution in [-0.4, -0.2) is 4.98 Å². The molecule has 1 aromatic carbocycles. The van der Waals surface area contributed by atoms with Gasteiger partial charge in [0.2, 0.25) is 0 Å². The number of nitrogens with zero attached hydrogens (tertiary/aromatic N) is 1. The highest BCUT2D eigenvalue weighted by Crippen LogP contribution is 2.25. The Hall–Kier alpha value is -1.55. The van der Waals surface area contributed by atoms with Crippen LogP contribution in [0.3, 0.4) is 0 Å². The summed E-state index contributed by atoms with van der Waals surface area (Å²) in [5.74, 6) is 0. The number of nitrogen functional groups attached to an aromatic ring is 1. The van der Waals surface area contributed by atoms with Crippen molar-refractivity contribution in [3.63, 3.8) is 0 Å². The fraction of sp³-hybridized carbons (Fsp3) is 0.182. The minimum atomic E-state index is 0.761. The van der Waals surface area contributed by atoms with Crippen LogP contribution in [0.4, 0.5) is 16.5 Å².